The maximum Gasteiger partial charge on any atom is 0.111 e. The van der Waals surface area contributed by atoms with Gasteiger partial charge in [-0.25, -0.2) is 0 Å². The lowest BCUT2D eigenvalue weighted by Gasteiger charge is -2.33. The second kappa shape index (κ2) is 6.98. The van der Waals surface area contributed by atoms with Gasteiger partial charge in [-0.3, -0.25) is 0 Å². The number of hydrogen-bond donors (Lipinski definition) is 0. The van der Waals surface area contributed by atoms with Crippen LogP contribution >= 0.6 is 0 Å². The zero-order valence-corrected chi connectivity index (χ0v) is 13.4. The van der Waals surface area contributed by atoms with E-state index in [0.29, 0.717) is 0 Å². The van der Waals surface area contributed by atoms with E-state index in [2.05, 4.69) is 86.3 Å². The van der Waals surface area contributed by atoms with Crippen LogP contribution in [0.25, 0.3) is 0 Å². The van der Waals surface area contributed by atoms with Crippen molar-refractivity contribution in [2.45, 2.75) is 20.3 Å². The van der Waals surface area contributed by atoms with Gasteiger partial charge in [-0.2, -0.15) is 0 Å². The van der Waals surface area contributed by atoms with Crippen LogP contribution in [0.15, 0.2) is 72.1 Å². The van der Waals surface area contributed by atoms with E-state index in [1.54, 1.807) is 0 Å². The minimum atomic E-state index is 1.03. The Bertz CT molecular complexity index is 540. The molecule has 0 aliphatic rings. The molecule has 110 valence electrons. The molecule has 2 heteroatoms. The van der Waals surface area contributed by atoms with Crippen molar-refractivity contribution in [1.29, 1.82) is 0 Å². The molecule has 21 heavy (non-hydrogen) atoms. The maximum absolute atomic E-state index is 2.26. The summed E-state index contributed by atoms with van der Waals surface area (Å²) in [7, 11) is 4.26. The third kappa shape index (κ3) is 3.46. The summed E-state index contributed by atoms with van der Waals surface area (Å²) in [6.45, 7) is 4.40. The van der Waals surface area contributed by atoms with Gasteiger partial charge in [0, 0.05) is 25.5 Å². The number of allylic oxidation sites excluding steroid dienone is 1. The van der Waals surface area contributed by atoms with Crippen LogP contribution in [-0.4, -0.2) is 14.1 Å². The summed E-state index contributed by atoms with van der Waals surface area (Å²) in [5.74, 6) is 1.23. The number of rotatable bonds is 5. The zero-order chi connectivity index (χ0) is 15.2. The normalized spacial score (nSPS) is 10.1. The van der Waals surface area contributed by atoms with E-state index in [1.165, 1.54) is 22.8 Å². The molecule has 0 atom stereocenters. The Morgan fingerprint density at radius 1 is 0.762 bits per heavy atom. The molecule has 2 nitrogen and oxygen atoms in total. The zero-order valence-electron chi connectivity index (χ0n) is 13.4. The van der Waals surface area contributed by atoms with E-state index in [-0.39, 0.29) is 0 Å². The number of anilines is 2. The van der Waals surface area contributed by atoms with Gasteiger partial charge < -0.3 is 9.80 Å². The molecule has 0 radical (unpaired) electrons. The van der Waals surface area contributed by atoms with Crippen molar-refractivity contribution in [3.63, 3.8) is 0 Å². The molecule has 0 heterocycles. The topological polar surface area (TPSA) is 6.48 Å². The Morgan fingerprint density at radius 2 is 1.14 bits per heavy atom. The molecule has 2 aromatic carbocycles. The molecule has 0 saturated heterocycles. The molecule has 0 spiro atoms. The molecular formula is C19H24N2. The Morgan fingerprint density at radius 3 is 1.48 bits per heavy atom. The van der Waals surface area contributed by atoms with Crippen molar-refractivity contribution in [2.24, 2.45) is 0 Å². The van der Waals surface area contributed by atoms with Gasteiger partial charge in [0.15, 0.2) is 0 Å². The molecule has 0 N–H and O–H groups in total. The van der Waals surface area contributed by atoms with Crippen LogP contribution in [0.4, 0.5) is 11.4 Å². The van der Waals surface area contributed by atoms with Crippen molar-refractivity contribution in [1.82, 2.24) is 0 Å². The highest BCUT2D eigenvalue weighted by Gasteiger charge is 2.15. The van der Waals surface area contributed by atoms with Crippen molar-refractivity contribution >= 4 is 11.4 Å². The summed E-state index contributed by atoms with van der Waals surface area (Å²) in [6, 6.07) is 21.0. The lowest BCUT2D eigenvalue weighted by Crippen LogP contribution is -2.31. The van der Waals surface area contributed by atoms with Crippen LogP contribution in [0.1, 0.15) is 20.3 Å². The predicted molar refractivity (Wildman–Crippen MR) is 92.7 cm³/mol. The average Bonchev–Trinajstić information content (AvgIpc) is 2.56. The Labute approximate surface area is 128 Å². The first-order valence-corrected chi connectivity index (χ1v) is 7.42. The van der Waals surface area contributed by atoms with E-state index in [0.717, 1.165) is 6.42 Å². The van der Waals surface area contributed by atoms with Crippen LogP contribution in [0.5, 0.6) is 0 Å². The smallest absolute Gasteiger partial charge is 0.111 e. The minimum absolute atomic E-state index is 1.03. The molecule has 0 unspecified atom stereocenters. The molecule has 0 amide bonds. The first-order valence-electron chi connectivity index (χ1n) is 7.42. The van der Waals surface area contributed by atoms with Gasteiger partial charge in [-0.05, 0) is 43.2 Å². The second-order valence-corrected chi connectivity index (χ2v) is 5.25. The Kier molecular flexibility index (Phi) is 5.04. The second-order valence-electron chi connectivity index (χ2n) is 5.25. The molecule has 0 bridgehead atoms. The van der Waals surface area contributed by atoms with E-state index in [1.807, 2.05) is 12.1 Å². The molecule has 0 saturated carbocycles. The van der Waals surface area contributed by atoms with Gasteiger partial charge in [0.2, 0.25) is 0 Å². The van der Waals surface area contributed by atoms with Crippen LogP contribution in [-0.2, 0) is 0 Å². The summed E-state index contributed by atoms with van der Waals surface area (Å²) in [5, 5.41) is 0. The van der Waals surface area contributed by atoms with Crippen molar-refractivity contribution in [3.8, 4) is 0 Å². The van der Waals surface area contributed by atoms with Gasteiger partial charge in [0.1, 0.15) is 5.82 Å². The molecule has 0 aliphatic heterocycles. The van der Waals surface area contributed by atoms with E-state index in [9.17, 15) is 0 Å². The molecule has 0 fully saturated rings. The third-order valence-corrected chi connectivity index (χ3v) is 3.83. The van der Waals surface area contributed by atoms with Crippen LogP contribution in [0.2, 0.25) is 0 Å². The first-order chi connectivity index (χ1) is 10.1. The third-order valence-electron chi connectivity index (χ3n) is 3.83. The van der Waals surface area contributed by atoms with Crippen molar-refractivity contribution in [2.75, 3.05) is 23.9 Å². The highest BCUT2D eigenvalue weighted by molar-refractivity contribution is 5.60. The van der Waals surface area contributed by atoms with Gasteiger partial charge in [0.05, 0.1) is 0 Å². The van der Waals surface area contributed by atoms with Gasteiger partial charge in [-0.15, -0.1) is 0 Å². The SMILES string of the molecule is CCC(C)=C(N(C)c1ccccc1)N(C)c1ccccc1. The predicted octanol–water partition coefficient (Wildman–Crippen LogP) is 4.90. The largest absolute Gasteiger partial charge is 0.331 e. The Balaban J connectivity index is 2.41. The minimum Gasteiger partial charge on any atom is -0.331 e. The first kappa shape index (κ1) is 15.2. The molecule has 0 aromatic heterocycles. The van der Waals surface area contributed by atoms with Crippen LogP contribution in [0.3, 0.4) is 0 Å². The van der Waals surface area contributed by atoms with E-state index < -0.39 is 0 Å². The fourth-order valence-electron chi connectivity index (χ4n) is 2.50. The van der Waals surface area contributed by atoms with E-state index >= 15 is 0 Å². The highest BCUT2D eigenvalue weighted by Crippen LogP contribution is 2.26. The lowest BCUT2D eigenvalue weighted by molar-refractivity contribution is 0.912. The number of hydrogen-bond acceptors (Lipinski definition) is 2. The van der Waals surface area contributed by atoms with E-state index in [4.69, 9.17) is 0 Å². The molecule has 2 rings (SSSR count). The number of benzene rings is 2. The summed E-state index contributed by atoms with van der Waals surface area (Å²) in [4.78, 5) is 4.51. The summed E-state index contributed by atoms with van der Waals surface area (Å²) >= 11 is 0. The molecule has 2 aromatic rings. The fraction of sp³-hybridized carbons (Fsp3) is 0.263. The quantitative estimate of drug-likeness (QED) is 0.768. The van der Waals surface area contributed by atoms with Crippen LogP contribution in [0, 0.1) is 0 Å². The Hall–Kier alpha value is -2.22. The monoisotopic (exact) mass is 280 g/mol. The number of nitrogens with zero attached hydrogens (tertiary/aromatic N) is 2. The highest BCUT2D eigenvalue weighted by atomic mass is 15.3. The maximum atomic E-state index is 2.26. The summed E-state index contributed by atoms with van der Waals surface area (Å²) < 4.78 is 0. The van der Waals surface area contributed by atoms with Crippen molar-refractivity contribution < 1.29 is 0 Å². The van der Waals surface area contributed by atoms with Gasteiger partial charge in [-0.1, -0.05) is 43.3 Å². The average molecular weight is 280 g/mol. The number of para-hydroxylation sites is 2. The standard InChI is InChI=1S/C19H24N2/c1-5-16(2)19(20(3)17-12-8-6-9-13-17)21(4)18-14-10-7-11-15-18/h6-15H,5H2,1-4H3. The van der Waals surface area contributed by atoms with Gasteiger partial charge in [0.25, 0.3) is 0 Å². The summed E-state index contributed by atoms with van der Waals surface area (Å²) in [6.07, 6.45) is 1.03. The molecular weight excluding hydrogens is 256 g/mol. The lowest BCUT2D eigenvalue weighted by atomic mass is 10.2. The van der Waals surface area contributed by atoms with Crippen LogP contribution < -0.4 is 9.80 Å². The summed E-state index contributed by atoms with van der Waals surface area (Å²) in [5.41, 5.74) is 3.76. The van der Waals surface area contributed by atoms with Crippen molar-refractivity contribution in [3.05, 3.63) is 72.1 Å². The fourth-order valence-corrected chi connectivity index (χ4v) is 2.50. The van der Waals surface area contributed by atoms with Gasteiger partial charge >= 0.3 is 0 Å². The molecule has 0 aliphatic carbocycles.